The lowest BCUT2D eigenvalue weighted by atomic mass is 10.1. The molecule has 0 bridgehead atoms. The van der Waals surface area contributed by atoms with Gasteiger partial charge in [0.2, 0.25) is 0 Å². The molecular weight excluding hydrogens is 236 g/mol. The third-order valence-corrected chi connectivity index (χ3v) is 3.19. The molecule has 19 heavy (non-hydrogen) atoms. The molecule has 0 saturated heterocycles. The second-order valence-electron chi connectivity index (χ2n) is 4.76. The molecule has 94 valence electrons. The van der Waals surface area contributed by atoms with E-state index in [4.69, 9.17) is 0 Å². The normalized spacial score (nSPS) is 10.8. The van der Waals surface area contributed by atoms with Crippen LogP contribution in [0.5, 0.6) is 0 Å². The summed E-state index contributed by atoms with van der Waals surface area (Å²) in [6.07, 6.45) is 0. The lowest BCUT2D eigenvalue weighted by Crippen LogP contribution is -2.04. The fourth-order valence-corrected chi connectivity index (χ4v) is 2.11. The molecule has 3 nitrogen and oxygen atoms in total. The minimum Gasteiger partial charge on any atom is -0.339 e. The molecule has 1 N–H and O–H groups in total. The van der Waals surface area contributed by atoms with Crippen LogP contribution in [0, 0.1) is 13.8 Å². The van der Waals surface area contributed by atoms with Gasteiger partial charge < -0.3 is 4.98 Å². The molecule has 3 aromatic rings. The van der Waals surface area contributed by atoms with Gasteiger partial charge in [0.05, 0.1) is 11.1 Å². The van der Waals surface area contributed by atoms with Crippen molar-refractivity contribution in [2.75, 3.05) is 0 Å². The molecule has 3 heteroatoms. The first kappa shape index (κ1) is 11.7. The van der Waals surface area contributed by atoms with Crippen LogP contribution in [0.4, 0.5) is 0 Å². The molecule has 3 rings (SSSR count). The monoisotopic (exact) mass is 250 g/mol. The van der Waals surface area contributed by atoms with Crippen molar-refractivity contribution < 1.29 is 0 Å². The second-order valence-corrected chi connectivity index (χ2v) is 4.76. The van der Waals surface area contributed by atoms with Crippen LogP contribution in [-0.2, 0) is 0 Å². The Kier molecular flexibility index (Phi) is 2.67. The van der Waals surface area contributed by atoms with Gasteiger partial charge in [0, 0.05) is 11.8 Å². The number of aromatic nitrogens is 2. The largest absolute Gasteiger partial charge is 0.339 e. The lowest BCUT2D eigenvalue weighted by molar-refractivity contribution is 1.20. The molecule has 0 atom stereocenters. The number of nitrogens with zero attached hydrogens (tertiary/aromatic N) is 1. The number of hydrogen-bond acceptors (Lipinski definition) is 2. The summed E-state index contributed by atoms with van der Waals surface area (Å²) in [5, 5.41) is 0.626. The van der Waals surface area contributed by atoms with Crippen LogP contribution >= 0.6 is 0 Å². The maximum Gasteiger partial charge on any atom is 0.191 e. The van der Waals surface area contributed by atoms with E-state index in [1.54, 1.807) is 6.07 Å². The van der Waals surface area contributed by atoms with Gasteiger partial charge in [-0.1, -0.05) is 29.8 Å². The number of fused-ring (bicyclic) bond motifs is 1. The summed E-state index contributed by atoms with van der Waals surface area (Å²) in [6.45, 7) is 3.95. The zero-order valence-corrected chi connectivity index (χ0v) is 10.9. The Hall–Kier alpha value is -2.42. The van der Waals surface area contributed by atoms with Gasteiger partial charge in [-0.3, -0.25) is 4.79 Å². The average molecular weight is 250 g/mol. The minimum absolute atomic E-state index is 0.00294. The van der Waals surface area contributed by atoms with E-state index in [9.17, 15) is 4.79 Å². The molecule has 0 amide bonds. The Balaban J connectivity index is 2.25. The summed E-state index contributed by atoms with van der Waals surface area (Å²) >= 11 is 0. The van der Waals surface area contributed by atoms with Crippen molar-refractivity contribution in [3.63, 3.8) is 0 Å². The van der Waals surface area contributed by atoms with Crippen molar-refractivity contribution in [3.05, 3.63) is 63.9 Å². The molecule has 2 heterocycles. The second kappa shape index (κ2) is 4.35. The average Bonchev–Trinajstić information content (AvgIpc) is 2.38. The van der Waals surface area contributed by atoms with Gasteiger partial charge in [-0.15, -0.1) is 0 Å². The fourth-order valence-electron chi connectivity index (χ4n) is 2.11. The summed E-state index contributed by atoms with van der Waals surface area (Å²) < 4.78 is 0. The van der Waals surface area contributed by atoms with E-state index in [1.165, 1.54) is 5.56 Å². The molecule has 0 saturated carbocycles. The topological polar surface area (TPSA) is 45.8 Å². The number of hydrogen-bond donors (Lipinski definition) is 1. The van der Waals surface area contributed by atoms with Crippen molar-refractivity contribution in [1.82, 2.24) is 9.97 Å². The van der Waals surface area contributed by atoms with Crippen molar-refractivity contribution >= 4 is 11.0 Å². The summed E-state index contributed by atoms with van der Waals surface area (Å²) in [7, 11) is 0. The fraction of sp³-hybridized carbons (Fsp3) is 0.125. The molecule has 1 aromatic carbocycles. The molecular formula is C16H14N2O. The SMILES string of the molecule is Cc1ccc(-c2cc(=O)c3ccc(C)nc3[nH]2)cc1. The van der Waals surface area contributed by atoms with E-state index in [0.29, 0.717) is 11.0 Å². The van der Waals surface area contributed by atoms with Gasteiger partial charge in [0.1, 0.15) is 5.65 Å². The van der Waals surface area contributed by atoms with E-state index >= 15 is 0 Å². The number of aromatic amines is 1. The predicted octanol–water partition coefficient (Wildman–Crippen LogP) is 3.21. The number of benzene rings is 1. The van der Waals surface area contributed by atoms with E-state index in [1.807, 2.05) is 50.2 Å². The van der Waals surface area contributed by atoms with Crippen molar-refractivity contribution in [2.24, 2.45) is 0 Å². The van der Waals surface area contributed by atoms with Crippen LogP contribution < -0.4 is 5.43 Å². The molecule has 0 aliphatic heterocycles. The zero-order valence-electron chi connectivity index (χ0n) is 10.9. The smallest absolute Gasteiger partial charge is 0.191 e. The maximum atomic E-state index is 12.1. The summed E-state index contributed by atoms with van der Waals surface area (Å²) in [5.41, 5.74) is 4.52. The van der Waals surface area contributed by atoms with Gasteiger partial charge in [0.25, 0.3) is 0 Å². The van der Waals surface area contributed by atoms with Crippen LogP contribution in [0.2, 0.25) is 0 Å². The van der Waals surface area contributed by atoms with E-state index < -0.39 is 0 Å². The Morgan fingerprint density at radius 3 is 2.47 bits per heavy atom. The summed E-state index contributed by atoms with van der Waals surface area (Å²) in [6, 6.07) is 13.4. The first-order chi connectivity index (χ1) is 9.13. The Morgan fingerprint density at radius 1 is 1.00 bits per heavy atom. The molecule has 0 aliphatic carbocycles. The number of pyridine rings is 2. The van der Waals surface area contributed by atoms with Crippen LogP contribution in [-0.4, -0.2) is 9.97 Å². The Labute approximate surface area is 111 Å². The van der Waals surface area contributed by atoms with Gasteiger partial charge in [-0.2, -0.15) is 0 Å². The molecule has 0 radical (unpaired) electrons. The Morgan fingerprint density at radius 2 is 1.74 bits per heavy atom. The number of aryl methyl sites for hydroxylation is 2. The van der Waals surface area contributed by atoms with Gasteiger partial charge in [-0.25, -0.2) is 4.98 Å². The zero-order chi connectivity index (χ0) is 13.4. The highest BCUT2D eigenvalue weighted by Gasteiger charge is 2.05. The van der Waals surface area contributed by atoms with Crippen LogP contribution in [0.25, 0.3) is 22.3 Å². The van der Waals surface area contributed by atoms with E-state index in [-0.39, 0.29) is 5.43 Å². The predicted molar refractivity (Wildman–Crippen MR) is 77.3 cm³/mol. The summed E-state index contributed by atoms with van der Waals surface area (Å²) in [5.74, 6) is 0. The third kappa shape index (κ3) is 2.15. The highest BCUT2D eigenvalue weighted by Crippen LogP contribution is 2.18. The first-order valence-corrected chi connectivity index (χ1v) is 6.21. The van der Waals surface area contributed by atoms with E-state index in [0.717, 1.165) is 17.0 Å². The highest BCUT2D eigenvalue weighted by molar-refractivity contribution is 5.78. The Bertz CT molecular complexity index is 801. The molecule has 0 aliphatic rings. The van der Waals surface area contributed by atoms with Gasteiger partial charge in [-0.05, 0) is 31.5 Å². The first-order valence-electron chi connectivity index (χ1n) is 6.21. The highest BCUT2D eigenvalue weighted by atomic mass is 16.1. The van der Waals surface area contributed by atoms with Crippen molar-refractivity contribution in [3.8, 4) is 11.3 Å². The van der Waals surface area contributed by atoms with Crippen molar-refractivity contribution in [1.29, 1.82) is 0 Å². The van der Waals surface area contributed by atoms with Crippen LogP contribution in [0.1, 0.15) is 11.3 Å². The molecule has 0 fully saturated rings. The van der Waals surface area contributed by atoms with Crippen LogP contribution in [0.3, 0.4) is 0 Å². The van der Waals surface area contributed by atoms with Gasteiger partial charge in [0.15, 0.2) is 5.43 Å². The quantitative estimate of drug-likeness (QED) is 0.720. The lowest BCUT2D eigenvalue weighted by Gasteiger charge is -2.05. The van der Waals surface area contributed by atoms with E-state index in [2.05, 4.69) is 9.97 Å². The standard InChI is InChI=1S/C16H14N2O/c1-10-3-6-12(7-4-10)14-9-15(19)13-8-5-11(2)17-16(13)18-14/h3-9H,1-2H3,(H,17,18,19). The molecule has 2 aromatic heterocycles. The molecule has 0 unspecified atom stereocenters. The minimum atomic E-state index is -0.00294. The van der Waals surface area contributed by atoms with Crippen molar-refractivity contribution in [2.45, 2.75) is 13.8 Å². The maximum absolute atomic E-state index is 12.1. The molecule has 0 spiro atoms. The third-order valence-electron chi connectivity index (χ3n) is 3.19. The van der Waals surface area contributed by atoms with Crippen LogP contribution in [0.15, 0.2) is 47.3 Å². The van der Waals surface area contributed by atoms with Gasteiger partial charge >= 0.3 is 0 Å². The number of H-pyrrole nitrogens is 1. The number of nitrogens with one attached hydrogen (secondary N) is 1. The number of rotatable bonds is 1. The summed E-state index contributed by atoms with van der Waals surface area (Å²) in [4.78, 5) is 19.7.